The summed E-state index contributed by atoms with van der Waals surface area (Å²) < 4.78 is 13.8. The van der Waals surface area contributed by atoms with Crippen molar-refractivity contribution in [3.05, 3.63) is 34.6 Å². The van der Waals surface area contributed by atoms with Crippen LogP contribution in [0.2, 0.25) is 5.02 Å². The summed E-state index contributed by atoms with van der Waals surface area (Å²) >= 11 is 6.10. The Hall–Kier alpha value is -0.640. The van der Waals surface area contributed by atoms with E-state index in [2.05, 4.69) is 17.1 Å². The molecule has 1 atom stereocenters. The molecule has 18 heavy (non-hydrogen) atoms. The molecule has 0 amide bonds. The van der Waals surface area contributed by atoms with Gasteiger partial charge in [-0.2, -0.15) is 0 Å². The third-order valence-electron chi connectivity index (χ3n) is 3.64. The number of nitrogens with zero attached hydrogens (tertiary/aromatic N) is 1. The molecule has 1 aliphatic heterocycles. The van der Waals surface area contributed by atoms with Crippen LogP contribution in [0.15, 0.2) is 18.2 Å². The van der Waals surface area contributed by atoms with Crippen LogP contribution in [-0.2, 0) is 6.42 Å². The Morgan fingerprint density at radius 2 is 2.11 bits per heavy atom. The summed E-state index contributed by atoms with van der Waals surface area (Å²) in [5.41, 5.74) is 0.657. The van der Waals surface area contributed by atoms with Crippen molar-refractivity contribution in [3.8, 4) is 0 Å². The van der Waals surface area contributed by atoms with Gasteiger partial charge in [-0.25, -0.2) is 4.39 Å². The Balaban J connectivity index is 2.09. The van der Waals surface area contributed by atoms with Crippen LogP contribution in [-0.4, -0.2) is 37.1 Å². The van der Waals surface area contributed by atoms with E-state index in [-0.39, 0.29) is 5.82 Å². The first-order chi connectivity index (χ1) is 8.72. The van der Waals surface area contributed by atoms with E-state index in [0.717, 1.165) is 32.6 Å². The summed E-state index contributed by atoms with van der Waals surface area (Å²) in [6, 6.07) is 5.30. The molecule has 0 aliphatic carbocycles. The fourth-order valence-corrected chi connectivity index (χ4v) is 2.78. The fraction of sp³-hybridized carbons (Fsp3) is 0.571. The third kappa shape index (κ3) is 3.22. The molecule has 1 fully saturated rings. The third-order valence-corrected chi connectivity index (χ3v) is 3.99. The van der Waals surface area contributed by atoms with Crippen molar-refractivity contribution in [2.24, 2.45) is 0 Å². The molecule has 1 saturated heterocycles. The van der Waals surface area contributed by atoms with E-state index in [1.54, 1.807) is 12.1 Å². The van der Waals surface area contributed by atoms with Gasteiger partial charge >= 0.3 is 0 Å². The van der Waals surface area contributed by atoms with Gasteiger partial charge in [-0.1, -0.05) is 24.6 Å². The van der Waals surface area contributed by atoms with E-state index in [9.17, 15) is 4.39 Å². The number of hydrogen-bond acceptors (Lipinski definition) is 2. The Morgan fingerprint density at radius 3 is 2.72 bits per heavy atom. The lowest BCUT2D eigenvalue weighted by Gasteiger charge is -2.34. The molecule has 1 aromatic carbocycles. The zero-order valence-electron chi connectivity index (χ0n) is 10.8. The topological polar surface area (TPSA) is 15.3 Å². The summed E-state index contributed by atoms with van der Waals surface area (Å²) in [4.78, 5) is 2.43. The number of benzene rings is 1. The van der Waals surface area contributed by atoms with Gasteiger partial charge < -0.3 is 5.32 Å². The smallest absolute Gasteiger partial charge is 0.127 e. The van der Waals surface area contributed by atoms with Crippen molar-refractivity contribution in [2.75, 3.05) is 26.2 Å². The number of hydrogen-bond donors (Lipinski definition) is 1. The maximum Gasteiger partial charge on any atom is 0.127 e. The largest absolute Gasteiger partial charge is 0.314 e. The van der Waals surface area contributed by atoms with Crippen LogP contribution in [0.25, 0.3) is 0 Å². The lowest BCUT2D eigenvalue weighted by atomic mass is 10.0. The van der Waals surface area contributed by atoms with Gasteiger partial charge in [0, 0.05) is 42.8 Å². The summed E-state index contributed by atoms with van der Waals surface area (Å²) in [5, 5.41) is 3.88. The molecule has 2 rings (SSSR count). The second-order valence-corrected chi connectivity index (χ2v) is 5.16. The van der Waals surface area contributed by atoms with Gasteiger partial charge in [0.2, 0.25) is 0 Å². The van der Waals surface area contributed by atoms with Gasteiger partial charge in [-0.3, -0.25) is 4.90 Å². The van der Waals surface area contributed by atoms with Crippen LogP contribution in [0.1, 0.15) is 18.9 Å². The molecular formula is C14H20ClFN2. The highest BCUT2D eigenvalue weighted by Gasteiger charge is 2.21. The molecule has 100 valence electrons. The van der Waals surface area contributed by atoms with E-state index in [4.69, 9.17) is 11.6 Å². The maximum absolute atomic E-state index is 13.8. The van der Waals surface area contributed by atoms with E-state index in [0.29, 0.717) is 23.0 Å². The SMILES string of the molecule is CCC(Cc1c(F)cccc1Cl)N1CCNCC1. The highest BCUT2D eigenvalue weighted by Crippen LogP contribution is 2.23. The van der Waals surface area contributed by atoms with Crippen LogP contribution >= 0.6 is 11.6 Å². The van der Waals surface area contributed by atoms with Crippen LogP contribution in [0.5, 0.6) is 0 Å². The predicted octanol–water partition coefficient (Wildman–Crippen LogP) is 2.71. The van der Waals surface area contributed by atoms with E-state index < -0.39 is 0 Å². The van der Waals surface area contributed by atoms with Crippen LogP contribution in [0.4, 0.5) is 4.39 Å². The molecule has 1 aliphatic rings. The Labute approximate surface area is 113 Å². The molecule has 0 saturated carbocycles. The highest BCUT2D eigenvalue weighted by atomic mass is 35.5. The zero-order valence-corrected chi connectivity index (χ0v) is 11.5. The fourth-order valence-electron chi connectivity index (χ4n) is 2.54. The van der Waals surface area contributed by atoms with E-state index >= 15 is 0 Å². The minimum Gasteiger partial charge on any atom is -0.314 e. The lowest BCUT2D eigenvalue weighted by molar-refractivity contribution is 0.167. The molecular weight excluding hydrogens is 251 g/mol. The van der Waals surface area contributed by atoms with Gasteiger partial charge in [0.1, 0.15) is 5.82 Å². The van der Waals surface area contributed by atoms with Gasteiger partial charge in [0.05, 0.1) is 0 Å². The first kappa shape index (κ1) is 13.8. The first-order valence-corrected chi connectivity index (χ1v) is 6.97. The predicted molar refractivity (Wildman–Crippen MR) is 73.6 cm³/mol. The zero-order chi connectivity index (χ0) is 13.0. The molecule has 0 bridgehead atoms. The Morgan fingerprint density at radius 1 is 1.39 bits per heavy atom. The van der Waals surface area contributed by atoms with Crippen LogP contribution < -0.4 is 5.32 Å². The van der Waals surface area contributed by atoms with Crippen molar-refractivity contribution < 1.29 is 4.39 Å². The van der Waals surface area contributed by atoms with Crippen LogP contribution in [0, 0.1) is 5.82 Å². The molecule has 0 aromatic heterocycles. The van der Waals surface area contributed by atoms with Crippen molar-refractivity contribution in [1.82, 2.24) is 10.2 Å². The van der Waals surface area contributed by atoms with Gasteiger partial charge in [0.15, 0.2) is 0 Å². The second-order valence-electron chi connectivity index (χ2n) is 4.75. The lowest BCUT2D eigenvalue weighted by Crippen LogP contribution is -2.49. The van der Waals surface area contributed by atoms with Gasteiger partial charge in [0.25, 0.3) is 0 Å². The first-order valence-electron chi connectivity index (χ1n) is 6.60. The average Bonchev–Trinajstić information content (AvgIpc) is 2.40. The number of nitrogens with one attached hydrogen (secondary N) is 1. The van der Waals surface area contributed by atoms with Crippen molar-refractivity contribution in [3.63, 3.8) is 0 Å². The molecule has 0 radical (unpaired) electrons. The average molecular weight is 271 g/mol. The normalized spacial score (nSPS) is 18.8. The summed E-state index contributed by atoms with van der Waals surface area (Å²) in [6.07, 6.45) is 1.71. The quantitative estimate of drug-likeness (QED) is 0.905. The highest BCUT2D eigenvalue weighted by molar-refractivity contribution is 6.31. The maximum atomic E-state index is 13.8. The summed E-state index contributed by atoms with van der Waals surface area (Å²) in [7, 11) is 0. The molecule has 4 heteroatoms. The molecule has 0 spiro atoms. The van der Waals surface area contributed by atoms with E-state index in [1.807, 2.05) is 0 Å². The summed E-state index contributed by atoms with van der Waals surface area (Å²) in [5.74, 6) is -0.184. The monoisotopic (exact) mass is 270 g/mol. The van der Waals surface area contributed by atoms with Crippen molar-refractivity contribution in [1.29, 1.82) is 0 Å². The second kappa shape index (κ2) is 6.50. The minimum absolute atomic E-state index is 0.184. The minimum atomic E-state index is -0.184. The molecule has 1 N–H and O–H groups in total. The summed E-state index contributed by atoms with van der Waals surface area (Å²) in [6.45, 7) is 6.25. The van der Waals surface area contributed by atoms with Gasteiger partial charge in [-0.15, -0.1) is 0 Å². The van der Waals surface area contributed by atoms with Gasteiger partial charge in [-0.05, 0) is 25.0 Å². The van der Waals surface area contributed by atoms with Crippen molar-refractivity contribution >= 4 is 11.6 Å². The standard InChI is InChI=1S/C14H20ClFN2/c1-2-11(18-8-6-17-7-9-18)10-12-13(15)4-3-5-14(12)16/h3-5,11,17H,2,6-10H2,1H3. The Kier molecular flexibility index (Phi) is 4.98. The van der Waals surface area contributed by atoms with Crippen molar-refractivity contribution in [2.45, 2.75) is 25.8 Å². The number of piperazine rings is 1. The molecule has 1 unspecified atom stereocenters. The number of rotatable bonds is 4. The van der Waals surface area contributed by atoms with Crippen LogP contribution in [0.3, 0.4) is 0 Å². The van der Waals surface area contributed by atoms with E-state index in [1.165, 1.54) is 6.07 Å². The Bertz CT molecular complexity index is 371. The number of halogens is 2. The molecule has 2 nitrogen and oxygen atoms in total. The molecule has 1 heterocycles. The molecule has 1 aromatic rings.